The van der Waals surface area contributed by atoms with E-state index in [-0.39, 0.29) is 22.7 Å². The fourth-order valence-corrected chi connectivity index (χ4v) is 4.44. The van der Waals surface area contributed by atoms with E-state index in [9.17, 15) is 14.4 Å². The lowest BCUT2D eigenvalue weighted by atomic mass is 10.2. The van der Waals surface area contributed by atoms with Crippen LogP contribution in [0.2, 0.25) is 5.02 Å². The second-order valence-corrected chi connectivity index (χ2v) is 8.35. The molecule has 0 unspecified atom stereocenters. The van der Waals surface area contributed by atoms with Crippen molar-refractivity contribution in [3.8, 4) is 11.4 Å². The van der Waals surface area contributed by atoms with Crippen molar-refractivity contribution in [3.63, 3.8) is 0 Å². The number of halogens is 1. The van der Waals surface area contributed by atoms with Gasteiger partial charge in [-0.3, -0.25) is 9.59 Å². The Morgan fingerprint density at radius 1 is 1.12 bits per heavy atom. The van der Waals surface area contributed by atoms with Gasteiger partial charge in [0.15, 0.2) is 5.69 Å². The maximum absolute atomic E-state index is 13.5. The summed E-state index contributed by atoms with van der Waals surface area (Å²) in [6.45, 7) is 4.20. The zero-order valence-electron chi connectivity index (χ0n) is 18.3. The summed E-state index contributed by atoms with van der Waals surface area (Å²) in [6, 6.07) is 13.2. The zero-order chi connectivity index (χ0) is 24.2. The average Bonchev–Trinajstić information content (AvgIpc) is 3.24. The highest BCUT2D eigenvalue weighted by Crippen LogP contribution is 2.31. The minimum absolute atomic E-state index is 0.0233. The van der Waals surface area contributed by atoms with Crippen LogP contribution in [0.3, 0.4) is 0 Å². The molecule has 4 rings (SSSR count). The number of aromatic nitrogens is 2. The Hall–Kier alpha value is -3.69. The summed E-state index contributed by atoms with van der Waals surface area (Å²) in [7, 11) is 0. The summed E-state index contributed by atoms with van der Waals surface area (Å²) < 4.78 is 11.7. The van der Waals surface area contributed by atoms with Gasteiger partial charge in [-0.25, -0.2) is 4.79 Å². The molecular weight excluding hydrogens is 478 g/mol. The largest absolute Gasteiger partial charge is 0.494 e. The van der Waals surface area contributed by atoms with Gasteiger partial charge in [-0.15, -0.1) is 11.3 Å². The summed E-state index contributed by atoms with van der Waals surface area (Å²) in [5, 5.41) is 9.82. The van der Waals surface area contributed by atoms with E-state index >= 15 is 0 Å². The van der Waals surface area contributed by atoms with E-state index in [0.29, 0.717) is 34.0 Å². The second kappa shape index (κ2) is 10.1. The highest BCUT2D eigenvalue weighted by molar-refractivity contribution is 7.16. The van der Waals surface area contributed by atoms with Gasteiger partial charge in [0.05, 0.1) is 24.3 Å². The third-order valence-electron chi connectivity index (χ3n) is 4.83. The van der Waals surface area contributed by atoms with Crippen LogP contribution in [-0.2, 0) is 4.74 Å². The molecule has 0 aliphatic heterocycles. The molecule has 1 N–H and O–H groups in total. The van der Waals surface area contributed by atoms with Crippen LogP contribution in [0.4, 0.5) is 5.00 Å². The number of hydrogen-bond donors (Lipinski definition) is 1. The Morgan fingerprint density at radius 3 is 2.56 bits per heavy atom. The van der Waals surface area contributed by atoms with E-state index in [4.69, 9.17) is 21.1 Å². The molecule has 8 nitrogen and oxygen atoms in total. The van der Waals surface area contributed by atoms with E-state index in [1.54, 1.807) is 54.8 Å². The third kappa shape index (κ3) is 4.66. The van der Waals surface area contributed by atoms with Crippen LogP contribution in [0.15, 0.2) is 58.7 Å². The van der Waals surface area contributed by atoms with Crippen molar-refractivity contribution >= 4 is 50.6 Å². The van der Waals surface area contributed by atoms with Gasteiger partial charge in [-0.05, 0) is 56.3 Å². The minimum atomic E-state index is -0.669. The zero-order valence-corrected chi connectivity index (χ0v) is 19.9. The van der Waals surface area contributed by atoms with E-state index in [1.165, 1.54) is 6.07 Å². The number of rotatable bonds is 7. The predicted octanol–water partition coefficient (Wildman–Crippen LogP) is 4.93. The second-order valence-electron chi connectivity index (χ2n) is 7.03. The first kappa shape index (κ1) is 23.5. The molecule has 0 aliphatic carbocycles. The third-order valence-corrected chi connectivity index (χ3v) is 5.96. The van der Waals surface area contributed by atoms with E-state index in [1.807, 2.05) is 6.92 Å². The number of nitrogens with one attached hydrogen (secondary N) is 1. The van der Waals surface area contributed by atoms with Gasteiger partial charge in [0.2, 0.25) is 0 Å². The normalized spacial score (nSPS) is 10.8. The van der Waals surface area contributed by atoms with Gasteiger partial charge >= 0.3 is 5.97 Å². The molecule has 1 amide bonds. The molecule has 0 spiro atoms. The standard InChI is InChI=1S/C24H20ClN3O5S/c1-3-32-17-10-8-16(9-11-17)28-23(30)19-18(20(27-28)24(31)33-4-2)13-34-22(19)26-21(29)14-6-5-7-15(25)12-14/h5-13H,3-4H2,1-2H3,(H,26,29). The van der Waals surface area contributed by atoms with E-state index in [0.717, 1.165) is 16.0 Å². The van der Waals surface area contributed by atoms with Crippen molar-refractivity contribution in [1.29, 1.82) is 0 Å². The molecule has 0 radical (unpaired) electrons. The smallest absolute Gasteiger partial charge is 0.359 e. The van der Waals surface area contributed by atoms with Gasteiger partial charge in [0, 0.05) is 21.4 Å². The maximum atomic E-state index is 13.5. The Labute approximate surface area is 203 Å². The summed E-state index contributed by atoms with van der Waals surface area (Å²) in [5.74, 6) is -0.471. The lowest BCUT2D eigenvalue weighted by molar-refractivity contribution is 0.0520. The van der Waals surface area contributed by atoms with Crippen molar-refractivity contribution in [2.75, 3.05) is 18.5 Å². The number of hydrogen-bond acceptors (Lipinski definition) is 7. The Balaban J connectivity index is 1.85. The number of thiophene rings is 1. The Kier molecular flexibility index (Phi) is 6.95. The van der Waals surface area contributed by atoms with Crippen molar-refractivity contribution in [2.24, 2.45) is 0 Å². The van der Waals surface area contributed by atoms with Crippen LogP contribution in [0.25, 0.3) is 16.5 Å². The van der Waals surface area contributed by atoms with Gasteiger partial charge in [-0.2, -0.15) is 9.78 Å². The van der Waals surface area contributed by atoms with Crippen LogP contribution < -0.4 is 15.6 Å². The molecule has 34 heavy (non-hydrogen) atoms. The number of esters is 1. The van der Waals surface area contributed by atoms with Crippen LogP contribution in [0.1, 0.15) is 34.7 Å². The summed E-state index contributed by atoms with van der Waals surface area (Å²) in [5.41, 5.74) is 0.250. The SMILES string of the molecule is CCOC(=O)c1nn(-c2ccc(OCC)cc2)c(=O)c2c(NC(=O)c3cccc(Cl)c3)scc12. The monoisotopic (exact) mass is 497 g/mol. The minimum Gasteiger partial charge on any atom is -0.494 e. The molecule has 0 fully saturated rings. The average molecular weight is 498 g/mol. The van der Waals surface area contributed by atoms with Crippen LogP contribution in [-0.4, -0.2) is 34.9 Å². The summed E-state index contributed by atoms with van der Waals surface area (Å²) in [4.78, 5) is 38.9. The number of ether oxygens (including phenoxy) is 2. The molecule has 0 saturated heterocycles. The van der Waals surface area contributed by atoms with E-state index in [2.05, 4.69) is 10.4 Å². The maximum Gasteiger partial charge on any atom is 0.359 e. The molecule has 0 saturated carbocycles. The number of amides is 1. The van der Waals surface area contributed by atoms with E-state index < -0.39 is 17.4 Å². The number of carbonyl (C=O) groups is 2. The molecule has 4 aromatic rings. The number of carbonyl (C=O) groups excluding carboxylic acids is 2. The van der Waals surface area contributed by atoms with Crippen molar-refractivity contribution in [3.05, 3.63) is 80.5 Å². The molecular formula is C24H20ClN3O5S. The van der Waals surface area contributed by atoms with Gasteiger partial charge < -0.3 is 14.8 Å². The number of benzene rings is 2. The molecule has 174 valence electrons. The van der Waals surface area contributed by atoms with Gasteiger partial charge in [0.1, 0.15) is 10.8 Å². The molecule has 0 bridgehead atoms. The van der Waals surface area contributed by atoms with Crippen LogP contribution in [0.5, 0.6) is 5.75 Å². The highest BCUT2D eigenvalue weighted by atomic mass is 35.5. The Bertz CT molecular complexity index is 1430. The topological polar surface area (TPSA) is 99.5 Å². The molecule has 2 aromatic heterocycles. The van der Waals surface area contributed by atoms with Crippen LogP contribution in [0, 0.1) is 0 Å². The number of anilines is 1. The first-order valence-corrected chi connectivity index (χ1v) is 11.7. The first-order valence-electron chi connectivity index (χ1n) is 10.4. The molecule has 2 aromatic carbocycles. The lowest BCUT2D eigenvalue weighted by Crippen LogP contribution is -2.25. The molecule has 0 aliphatic rings. The summed E-state index contributed by atoms with van der Waals surface area (Å²) in [6.07, 6.45) is 0. The lowest BCUT2D eigenvalue weighted by Gasteiger charge is -2.11. The molecule has 0 atom stereocenters. The fourth-order valence-electron chi connectivity index (χ4n) is 3.32. The van der Waals surface area contributed by atoms with Gasteiger partial charge in [0.25, 0.3) is 11.5 Å². The summed E-state index contributed by atoms with van der Waals surface area (Å²) >= 11 is 7.12. The Morgan fingerprint density at radius 2 is 1.88 bits per heavy atom. The van der Waals surface area contributed by atoms with Crippen molar-refractivity contribution < 1.29 is 19.1 Å². The fraction of sp³-hybridized carbons (Fsp3) is 0.167. The number of fused-ring (bicyclic) bond motifs is 1. The molecule has 10 heteroatoms. The van der Waals surface area contributed by atoms with Crippen LogP contribution >= 0.6 is 22.9 Å². The molecule has 2 heterocycles. The highest BCUT2D eigenvalue weighted by Gasteiger charge is 2.23. The van der Waals surface area contributed by atoms with Crippen molar-refractivity contribution in [1.82, 2.24) is 9.78 Å². The first-order chi connectivity index (χ1) is 16.4. The van der Waals surface area contributed by atoms with Crippen molar-refractivity contribution in [2.45, 2.75) is 13.8 Å². The quantitative estimate of drug-likeness (QED) is 0.363. The van der Waals surface area contributed by atoms with Gasteiger partial charge in [-0.1, -0.05) is 17.7 Å². The number of nitrogens with zero attached hydrogens (tertiary/aromatic N) is 2. The predicted molar refractivity (Wildman–Crippen MR) is 132 cm³/mol.